The van der Waals surface area contributed by atoms with Crippen LogP contribution in [0.1, 0.15) is 6.92 Å². The third-order valence-corrected chi connectivity index (χ3v) is 0.204. The van der Waals surface area contributed by atoms with Crippen molar-refractivity contribution in [2.24, 2.45) is 5.16 Å². The molecule has 0 bridgehead atoms. The van der Waals surface area contributed by atoms with E-state index in [0.717, 1.165) is 0 Å². The molecule has 0 aromatic carbocycles. The minimum atomic E-state index is 0.552. The van der Waals surface area contributed by atoms with Crippen molar-refractivity contribution in [1.82, 2.24) is 0 Å². The molecule has 0 aliphatic rings. The standard InChI is InChI=1S/C3H6NO/c1-3-5-4-2/h2H,3H2,1H3. The lowest BCUT2D eigenvalue weighted by Crippen LogP contribution is -1.72. The third kappa shape index (κ3) is 3.47. The van der Waals surface area contributed by atoms with Gasteiger partial charge in [0.2, 0.25) is 0 Å². The highest BCUT2D eigenvalue weighted by molar-refractivity contribution is 5.21. The zero-order valence-electron chi connectivity index (χ0n) is 3.14. The molecule has 0 aliphatic heterocycles. The number of hydrogen-bond donors (Lipinski definition) is 0. The van der Waals surface area contributed by atoms with Gasteiger partial charge in [0.1, 0.15) is 6.61 Å². The summed E-state index contributed by atoms with van der Waals surface area (Å²) in [5.74, 6) is 0. The van der Waals surface area contributed by atoms with Crippen LogP contribution >= 0.6 is 0 Å². The average Bonchev–Trinajstić information content (AvgIpc) is 1.41. The molecule has 0 amide bonds. The second kappa shape index (κ2) is 3.47. The van der Waals surface area contributed by atoms with E-state index in [2.05, 4.69) is 16.7 Å². The van der Waals surface area contributed by atoms with Crippen molar-refractivity contribution >= 4 is 6.72 Å². The highest BCUT2D eigenvalue weighted by atomic mass is 16.6. The smallest absolute Gasteiger partial charge is 0.114 e. The van der Waals surface area contributed by atoms with E-state index in [-0.39, 0.29) is 0 Å². The monoisotopic (exact) mass is 72.0 g/mol. The number of rotatable bonds is 2. The molecule has 0 N–H and O–H groups in total. The molecule has 0 saturated carbocycles. The Kier molecular flexibility index (Phi) is 3.10. The Morgan fingerprint density at radius 2 is 2.60 bits per heavy atom. The molecule has 0 rings (SSSR count). The predicted octanol–water partition coefficient (Wildman–Crippen LogP) is 0.516. The first-order chi connectivity index (χ1) is 2.41. The van der Waals surface area contributed by atoms with E-state index >= 15 is 0 Å². The zero-order chi connectivity index (χ0) is 4.12. The summed E-state index contributed by atoms with van der Waals surface area (Å²) in [4.78, 5) is 4.24. The SMILES string of the molecule is [CH]=NOCC. The zero-order valence-corrected chi connectivity index (χ0v) is 3.14. The first kappa shape index (κ1) is 4.47. The van der Waals surface area contributed by atoms with Crippen molar-refractivity contribution in [3.05, 3.63) is 0 Å². The van der Waals surface area contributed by atoms with E-state index in [1.165, 1.54) is 0 Å². The van der Waals surface area contributed by atoms with Crippen LogP contribution in [-0.4, -0.2) is 13.3 Å². The molecule has 0 aromatic heterocycles. The second-order valence-corrected chi connectivity index (χ2v) is 0.523. The largest absolute Gasteiger partial charge is 0.396 e. The molecule has 0 heterocycles. The number of hydrogen-bond acceptors (Lipinski definition) is 2. The summed E-state index contributed by atoms with van der Waals surface area (Å²) in [6.07, 6.45) is 0. The van der Waals surface area contributed by atoms with Crippen LogP contribution in [0.3, 0.4) is 0 Å². The Morgan fingerprint density at radius 3 is 2.60 bits per heavy atom. The molecule has 0 spiro atoms. The maximum Gasteiger partial charge on any atom is 0.114 e. The fourth-order valence-electron chi connectivity index (χ4n) is 0.0745. The van der Waals surface area contributed by atoms with E-state index in [1.807, 2.05) is 6.92 Å². The molecule has 0 unspecified atom stereocenters. The molecule has 5 heavy (non-hydrogen) atoms. The van der Waals surface area contributed by atoms with Crippen molar-refractivity contribution in [2.75, 3.05) is 6.61 Å². The van der Waals surface area contributed by atoms with Gasteiger partial charge in [-0.05, 0) is 6.92 Å². The van der Waals surface area contributed by atoms with Gasteiger partial charge in [-0.2, -0.15) is 0 Å². The summed E-state index contributed by atoms with van der Waals surface area (Å²) in [6.45, 7) is 6.91. The Labute approximate surface area is 31.4 Å². The maximum atomic E-state index is 4.54. The third-order valence-electron chi connectivity index (χ3n) is 0.204. The van der Waals surface area contributed by atoms with Gasteiger partial charge in [-0.1, -0.05) is 5.16 Å². The van der Waals surface area contributed by atoms with Crippen LogP contribution in [0.4, 0.5) is 0 Å². The maximum absolute atomic E-state index is 4.54. The molecule has 0 saturated heterocycles. The van der Waals surface area contributed by atoms with Crippen molar-refractivity contribution in [3.63, 3.8) is 0 Å². The van der Waals surface area contributed by atoms with Crippen LogP contribution in [-0.2, 0) is 4.84 Å². The summed E-state index contributed by atoms with van der Waals surface area (Å²) < 4.78 is 0. The molecular weight excluding hydrogens is 66.0 g/mol. The van der Waals surface area contributed by atoms with E-state index in [9.17, 15) is 0 Å². The van der Waals surface area contributed by atoms with Gasteiger partial charge in [0, 0.05) is 0 Å². The van der Waals surface area contributed by atoms with Gasteiger partial charge in [0.05, 0.1) is 6.72 Å². The lowest BCUT2D eigenvalue weighted by molar-refractivity contribution is 0.161. The van der Waals surface area contributed by atoms with E-state index in [1.54, 1.807) is 0 Å². The minimum absolute atomic E-state index is 0.552. The molecular formula is C3H6NO. The molecule has 2 nitrogen and oxygen atoms in total. The molecule has 2 heteroatoms. The number of nitrogens with zero attached hydrogens (tertiary/aromatic N) is 1. The average molecular weight is 72.1 g/mol. The molecule has 0 atom stereocenters. The molecule has 1 radical (unpaired) electrons. The van der Waals surface area contributed by atoms with Gasteiger partial charge < -0.3 is 4.84 Å². The summed E-state index contributed by atoms with van der Waals surface area (Å²) >= 11 is 0. The Hall–Kier alpha value is -0.530. The van der Waals surface area contributed by atoms with Crippen molar-refractivity contribution < 1.29 is 4.84 Å². The summed E-state index contributed by atoms with van der Waals surface area (Å²) in [5.41, 5.74) is 0. The van der Waals surface area contributed by atoms with E-state index < -0.39 is 0 Å². The Bertz CT molecular complexity index is 28.1. The van der Waals surface area contributed by atoms with Gasteiger partial charge in [-0.15, -0.1) is 0 Å². The molecule has 29 valence electrons. The predicted molar refractivity (Wildman–Crippen MR) is 20.1 cm³/mol. The van der Waals surface area contributed by atoms with Gasteiger partial charge >= 0.3 is 0 Å². The fraction of sp³-hybridized carbons (Fsp3) is 0.667. The normalized spacial score (nSPS) is 6.60. The molecule has 0 aliphatic carbocycles. The van der Waals surface area contributed by atoms with E-state index in [0.29, 0.717) is 6.61 Å². The highest BCUT2D eigenvalue weighted by Gasteiger charge is 1.57. The quantitative estimate of drug-likeness (QED) is 0.344. The first-order valence-electron chi connectivity index (χ1n) is 1.44. The Morgan fingerprint density at radius 1 is 2.00 bits per heavy atom. The molecule has 0 aromatic rings. The van der Waals surface area contributed by atoms with Gasteiger partial charge in [-0.3, -0.25) is 0 Å². The molecule has 0 fully saturated rings. The van der Waals surface area contributed by atoms with Crippen molar-refractivity contribution in [3.8, 4) is 0 Å². The van der Waals surface area contributed by atoms with Gasteiger partial charge in [0.25, 0.3) is 0 Å². The summed E-state index contributed by atoms with van der Waals surface area (Å²) in [5, 5.41) is 2.85. The van der Waals surface area contributed by atoms with Crippen LogP contribution in [0.15, 0.2) is 5.16 Å². The van der Waals surface area contributed by atoms with Crippen LogP contribution in [0.25, 0.3) is 0 Å². The van der Waals surface area contributed by atoms with Crippen LogP contribution in [0.5, 0.6) is 0 Å². The minimum Gasteiger partial charge on any atom is -0.396 e. The van der Waals surface area contributed by atoms with Gasteiger partial charge in [-0.25, -0.2) is 0 Å². The van der Waals surface area contributed by atoms with Crippen LogP contribution < -0.4 is 0 Å². The first-order valence-corrected chi connectivity index (χ1v) is 1.44. The second-order valence-electron chi connectivity index (χ2n) is 0.523. The lowest BCUT2D eigenvalue weighted by atomic mass is 10.9. The fourth-order valence-corrected chi connectivity index (χ4v) is 0.0745. The van der Waals surface area contributed by atoms with Gasteiger partial charge in [0.15, 0.2) is 0 Å². The van der Waals surface area contributed by atoms with Crippen LogP contribution in [0, 0.1) is 0 Å². The van der Waals surface area contributed by atoms with E-state index in [4.69, 9.17) is 0 Å². The van der Waals surface area contributed by atoms with Crippen molar-refractivity contribution in [1.29, 1.82) is 0 Å². The summed E-state index contributed by atoms with van der Waals surface area (Å²) in [6, 6.07) is 0. The lowest BCUT2D eigenvalue weighted by Gasteiger charge is -1.81. The highest BCUT2D eigenvalue weighted by Crippen LogP contribution is 1.63. The van der Waals surface area contributed by atoms with Crippen molar-refractivity contribution in [2.45, 2.75) is 6.92 Å². The topological polar surface area (TPSA) is 21.6 Å². The Balaban J connectivity index is 2.40. The summed E-state index contributed by atoms with van der Waals surface area (Å²) in [7, 11) is 0. The van der Waals surface area contributed by atoms with Crippen LogP contribution in [0.2, 0.25) is 0 Å².